The highest BCUT2D eigenvalue weighted by Crippen LogP contribution is 2.69. The molecule has 0 radical (unpaired) electrons. The Morgan fingerprint density at radius 3 is 2.82 bits per heavy atom. The van der Waals surface area contributed by atoms with Gasteiger partial charge in [0.1, 0.15) is 6.10 Å². The topological polar surface area (TPSA) is 76.0 Å². The van der Waals surface area contributed by atoms with E-state index in [1.807, 2.05) is 13.0 Å². The summed E-state index contributed by atoms with van der Waals surface area (Å²) >= 11 is 0. The predicted octanol–water partition coefficient (Wildman–Crippen LogP) is 3.02. The summed E-state index contributed by atoms with van der Waals surface area (Å²) in [5, 5.41) is 11.4. The van der Waals surface area contributed by atoms with Crippen LogP contribution in [0.25, 0.3) is 0 Å². The van der Waals surface area contributed by atoms with Crippen LogP contribution in [0.2, 0.25) is 0 Å². The predicted molar refractivity (Wildman–Crippen MR) is 105 cm³/mol. The van der Waals surface area contributed by atoms with Crippen molar-refractivity contribution in [2.45, 2.75) is 71.1 Å². The monoisotopic (exact) mass is 383 g/mol. The summed E-state index contributed by atoms with van der Waals surface area (Å²) in [6.45, 7) is 7.77. The number of carbonyl (C=O) groups is 2. The second-order valence-electron chi connectivity index (χ2n) is 10.0. The largest absolute Gasteiger partial charge is 0.475 e. The zero-order valence-electron chi connectivity index (χ0n) is 17.1. The average Bonchev–Trinajstić information content (AvgIpc) is 3.06. The fourth-order valence-electron chi connectivity index (χ4n) is 7.84. The van der Waals surface area contributed by atoms with Gasteiger partial charge in [0.2, 0.25) is 0 Å². The number of hydrogen-bond donors (Lipinski definition) is 1. The van der Waals surface area contributed by atoms with Crippen LogP contribution in [-0.2, 0) is 14.3 Å². The molecule has 5 heteroatoms. The molecule has 0 aromatic heterocycles. The maximum Gasteiger partial charge on any atom is 0.181 e. The first-order valence-electron chi connectivity index (χ1n) is 10.5. The normalized spacial score (nSPS) is 51.3. The van der Waals surface area contributed by atoms with Crippen LogP contribution in [-0.4, -0.2) is 40.3 Å². The smallest absolute Gasteiger partial charge is 0.181 e. The van der Waals surface area contributed by atoms with Crippen molar-refractivity contribution >= 4 is 17.5 Å². The molecule has 8 atom stereocenters. The maximum absolute atomic E-state index is 12.9. The van der Waals surface area contributed by atoms with Crippen molar-refractivity contribution in [2.75, 3.05) is 0 Å². The van der Waals surface area contributed by atoms with Gasteiger partial charge in [-0.1, -0.05) is 25.5 Å². The number of Topliss-reactive ketones (excluding diaryl/α,β-unsaturated/α-hetero) is 1. The molecule has 0 aromatic rings. The quantitative estimate of drug-likeness (QED) is 0.755. The van der Waals surface area contributed by atoms with E-state index < -0.39 is 17.1 Å². The minimum absolute atomic E-state index is 0.0465. The number of ketones is 2. The molecule has 5 nitrogen and oxygen atoms in total. The highest BCUT2D eigenvalue weighted by molar-refractivity contribution is 6.01. The molecule has 150 valence electrons. The van der Waals surface area contributed by atoms with Crippen molar-refractivity contribution in [1.29, 1.82) is 0 Å². The molecule has 3 fully saturated rings. The number of aliphatic imine (C=N–C) groups is 1. The zero-order chi connectivity index (χ0) is 20.1. The highest BCUT2D eigenvalue weighted by atomic mass is 16.5. The first kappa shape index (κ1) is 18.3. The molecule has 0 amide bonds. The van der Waals surface area contributed by atoms with Crippen LogP contribution in [0, 0.1) is 28.6 Å². The van der Waals surface area contributed by atoms with Crippen molar-refractivity contribution in [3.05, 3.63) is 23.8 Å². The lowest BCUT2D eigenvalue weighted by molar-refractivity contribution is -0.142. The number of nitrogens with zero attached hydrogens (tertiary/aromatic N) is 1. The third kappa shape index (κ3) is 1.94. The number of aliphatic hydroxyl groups is 1. The molecule has 0 bridgehead atoms. The summed E-state index contributed by atoms with van der Waals surface area (Å²) in [5.41, 5.74) is -0.427. The molecule has 5 rings (SSSR count). The highest BCUT2D eigenvalue weighted by Gasteiger charge is 2.73. The van der Waals surface area contributed by atoms with Crippen LogP contribution in [0.15, 0.2) is 28.8 Å². The number of aliphatic hydroxyl groups excluding tert-OH is 1. The summed E-state index contributed by atoms with van der Waals surface area (Å²) in [5.74, 6) is 1.31. The lowest BCUT2D eigenvalue weighted by Gasteiger charge is -2.59. The summed E-state index contributed by atoms with van der Waals surface area (Å²) in [6, 6.07) is 0. The standard InChI is InChI=1S/C23H29NO4/c1-12(25)23-19(28-13(2)24-23)10-17-16-6-5-14-9-15(26)7-8-21(14,3)20(16)18(27)11-22(17,23)4/h7-9,16-20,27H,5-6,10-11H2,1-4H3/t16-,17-,18-,19+,20+,21-,22+,23?/m0/s1. The van der Waals surface area contributed by atoms with E-state index in [0.717, 1.165) is 24.8 Å². The molecule has 1 aliphatic heterocycles. The summed E-state index contributed by atoms with van der Waals surface area (Å²) in [7, 11) is 0. The molecule has 28 heavy (non-hydrogen) atoms. The second kappa shape index (κ2) is 5.44. The summed E-state index contributed by atoms with van der Waals surface area (Å²) in [6.07, 6.45) is 7.84. The molecule has 5 aliphatic rings. The van der Waals surface area contributed by atoms with Gasteiger partial charge in [-0.15, -0.1) is 0 Å². The fraction of sp³-hybridized carbons (Fsp3) is 0.696. The van der Waals surface area contributed by atoms with E-state index in [4.69, 9.17) is 9.73 Å². The Morgan fingerprint density at radius 1 is 1.36 bits per heavy atom. The maximum atomic E-state index is 12.9. The van der Waals surface area contributed by atoms with E-state index in [0.29, 0.717) is 12.3 Å². The Balaban J connectivity index is 1.61. The van der Waals surface area contributed by atoms with Gasteiger partial charge in [0.25, 0.3) is 0 Å². The molecule has 0 aromatic carbocycles. The molecule has 1 heterocycles. The zero-order valence-corrected chi connectivity index (χ0v) is 17.1. The Bertz CT molecular complexity index is 872. The molecule has 0 saturated heterocycles. The van der Waals surface area contributed by atoms with Crippen molar-refractivity contribution < 1.29 is 19.4 Å². The van der Waals surface area contributed by atoms with Crippen molar-refractivity contribution in [2.24, 2.45) is 33.6 Å². The molecule has 1 unspecified atom stereocenters. The number of rotatable bonds is 1. The van der Waals surface area contributed by atoms with Crippen LogP contribution in [0.3, 0.4) is 0 Å². The molecule has 0 spiro atoms. The lowest BCUT2D eigenvalue weighted by atomic mass is 9.46. The first-order valence-corrected chi connectivity index (χ1v) is 10.5. The average molecular weight is 383 g/mol. The number of fused-ring (bicyclic) bond motifs is 7. The van der Waals surface area contributed by atoms with Gasteiger partial charge in [0.15, 0.2) is 23.0 Å². The Hall–Kier alpha value is -1.75. The molecular weight excluding hydrogens is 354 g/mol. The third-order valence-corrected chi connectivity index (χ3v) is 8.87. The minimum Gasteiger partial charge on any atom is -0.475 e. The van der Waals surface area contributed by atoms with Gasteiger partial charge in [-0.3, -0.25) is 9.59 Å². The molecular formula is C23H29NO4. The number of ether oxygens (including phenoxy) is 1. The fourth-order valence-corrected chi connectivity index (χ4v) is 7.84. The Labute approximate surface area is 165 Å². The molecule has 3 saturated carbocycles. The van der Waals surface area contributed by atoms with E-state index in [1.54, 1.807) is 19.1 Å². The number of carbonyl (C=O) groups excluding carboxylic acids is 2. The van der Waals surface area contributed by atoms with Crippen molar-refractivity contribution in [3.63, 3.8) is 0 Å². The third-order valence-electron chi connectivity index (χ3n) is 8.87. The SMILES string of the molecule is CC(=O)C12N=C(C)O[C@@H]1C[C@H]1[C@@H]3CCC4=CC(=O)C=C[C@]4(C)[C@H]3[C@@H](O)C[C@]12C. The van der Waals surface area contributed by atoms with Crippen LogP contribution >= 0.6 is 0 Å². The van der Waals surface area contributed by atoms with Crippen LogP contribution in [0.5, 0.6) is 0 Å². The van der Waals surface area contributed by atoms with Gasteiger partial charge in [0, 0.05) is 23.7 Å². The van der Waals surface area contributed by atoms with Gasteiger partial charge >= 0.3 is 0 Å². The Morgan fingerprint density at radius 2 is 2.11 bits per heavy atom. The van der Waals surface area contributed by atoms with E-state index >= 15 is 0 Å². The number of allylic oxidation sites excluding steroid dienone is 4. The van der Waals surface area contributed by atoms with E-state index in [2.05, 4.69) is 13.8 Å². The lowest BCUT2D eigenvalue weighted by Crippen LogP contribution is -2.61. The van der Waals surface area contributed by atoms with Crippen molar-refractivity contribution in [3.8, 4) is 0 Å². The van der Waals surface area contributed by atoms with E-state index in [9.17, 15) is 14.7 Å². The van der Waals surface area contributed by atoms with Gasteiger partial charge in [-0.25, -0.2) is 4.99 Å². The van der Waals surface area contributed by atoms with E-state index in [-0.39, 0.29) is 40.8 Å². The van der Waals surface area contributed by atoms with Gasteiger partial charge in [-0.05, 0) is 56.6 Å². The summed E-state index contributed by atoms with van der Waals surface area (Å²) in [4.78, 5) is 29.6. The van der Waals surface area contributed by atoms with Gasteiger partial charge in [-0.2, -0.15) is 0 Å². The van der Waals surface area contributed by atoms with E-state index in [1.165, 1.54) is 0 Å². The van der Waals surface area contributed by atoms with Crippen molar-refractivity contribution in [1.82, 2.24) is 0 Å². The van der Waals surface area contributed by atoms with Crippen LogP contribution in [0.1, 0.15) is 53.4 Å². The van der Waals surface area contributed by atoms with Crippen LogP contribution < -0.4 is 0 Å². The second-order valence-corrected chi connectivity index (χ2v) is 10.0. The van der Waals surface area contributed by atoms with Gasteiger partial charge < -0.3 is 9.84 Å². The number of hydrogen-bond acceptors (Lipinski definition) is 5. The van der Waals surface area contributed by atoms with Crippen LogP contribution in [0.4, 0.5) is 0 Å². The van der Waals surface area contributed by atoms with Gasteiger partial charge in [0.05, 0.1) is 6.10 Å². The first-order chi connectivity index (χ1) is 13.1. The minimum atomic E-state index is -0.872. The molecule has 1 N–H and O–H groups in total. The molecule has 4 aliphatic carbocycles. The summed E-state index contributed by atoms with van der Waals surface area (Å²) < 4.78 is 6.05. The Kier molecular flexibility index (Phi) is 3.55.